The van der Waals surface area contributed by atoms with E-state index in [2.05, 4.69) is 142 Å². The van der Waals surface area contributed by atoms with E-state index in [1.54, 1.807) is 12.1 Å². The standard InChI is InChI=1S/C57H35N7O.Li/c65-52-24-11-7-20-44(52)46-30-27-35-25-26-36-28-31-47(59-54(36)53(35)58-46)57-61-55(37-13-2-1-3-14-37)60-56(62-57)38-15-12-16-39(33-38)63-50-23-10-6-19-43(50)45-34-40(29-32-51(45)63)64-48-21-8-4-17-41(48)42-18-5-9-22-49(42)64;/h1-34,65H;/q;+1. The molecular weight excluding hydrogens is 806 g/mol. The molecule has 0 aliphatic carbocycles. The molecular formula is C57H35LiN7O+. The smallest absolute Gasteiger partial charge is 0.872 e. The Bertz CT molecular complexity index is 4000. The maximum absolute atomic E-state index is 12.8. The molecule has 0 spiro atoms. The van der Waals surface area contributed by atoms with Crippen LogP contribution in [0.25, 0.3) is 122 Å². The van der Waals surface area contributed by atoms with Gasteiger partial charge < -0.3 is 14.2 Å². The van der Waals surface area contributed by atoms with Crippen LogP contribution in [0.2, 0.25) is 0 Å². The minimum absolute atomic E-state index is 0. The van der Waals surface area contributed by atoms with Crippen molar-refractivity contribution < 1.29 is 29.0 Å². The van der Waals surface area contributed by atoms with Crippen molar-refractivity contribution in [3.8, 4) is 62.7 Å². The van der Waals surface area contributed by atoms with Crippen molar-refractivity contribution in [3.63, 3.8) is 0 Å². The van der Waals surface area contributed by atoms with E-state index in [0.717, 1.165) is 66.4 Å². The summed E-state index contributed by atoms with van der Waals surface area (Å²) in [6, 6.07) is 70.2. The third-order valence-corrected chi connectivity index (χ3v) is 12.5. The number of fused-ring (bicyclic) bond motifs is 9. The normalized spacial score (nSPS) is 11.6. The van der Waals surface area contributed by atoms with Crippen LogP contribution in [0.3, 0.4) is 0 Å². The van der Waals surface area contributed by atoms with Crippen LogP contribution < -0.4 is 29.0 Å². The fourth-order valence-corrected chi connectivity index (χ4v) is 9.49. The number of nitrogens with zero attached hydrogens (tertiary/aromatic N) is 6. The third kappa shape index (κ3) is 6.34. The SMILES string of the molecule is [Li+].[O-]c1ccccc1-c1ccc2ccc3ccc(-c4nc(-c5ccccc5)nc(-c5cccc(-n6c7ccccc7c7cc(-n8c9ccccc9c9ccccc98)ccc76)c5)n4)nc3c2[nH+]1. The molecule has 0 unspecified atom stereocenters. The van der Waals surface area contributed by atoms with Crippen molar-refractivity contribution in [2.45, 2.75) is 0 Å². The molecule has 8 nitrogen and oxygen atoms in total. The molecule has 13 aromatic rings. The summed E-state index contributed by atoms with van der Waals surface area (Å²) in [6.07, 6.45) is 0. The van der Waals surface area contributed by atoms with Gasteiger partial charge in [-0.05, 0) is 72.8 Å². The Morgan fingerprint density at radius 1 is 0.394 bits per heavy atom. The zero-order chi connectivity index (χ0) is 43.0. The second kappa shape index (κ2) is 15.7. The number of para-hydroxylation sites is 4. The summed E-state index contributed by atoms with van der Waals surface area (Å²) in [6.45, 7) is 0. The first-order valence-electron chi connectivity index (χ1n) is 21.6. The van der Waals surface area contributed by atoms with Crippen molar-refractivity contribution in [1.82, 2.24) is 29.1 Å². The molecule has 0 amide bonds. The molecule has 5 heterocycles. The van der Waals surface area contributed by atoms with Gasteiger partial charge in [0.2, 0.25) is 11.2 Å². The van der Waals surface area contributed by atoms with E-state index in [1.165, 1.54) is 27.2 Å². The average molecular weight is 841 g/mol. The molecule has 0 saturated heterocycles. The fourth-order valence-electron chi connectivity index (χ4n) is 9.49. The Kier molecular flexibility index (Phi) is 9.31. The van der Waals surface area contributed by atoms with Gasteiger partial charge in [0.15, 0.2) is 17.5 Å². The van der Waals surface area contributed by atoms with E-state index >= 15 is 0 Å². The average Bonchev–Trinajstić information content (AvgIpc) is 3.89. The number of H-pyrrole nitrogens is 1. The van der Waals surface area contributed by atoms with E-state index in [9.17, 15) is 5.11 Å². The number of benzene rings is 8. The van der Waals surface area contributed by atoms with Crippen LogP contribution in [0.1, 0.15) is 0 Å². The summed E-state index contributed by atoms with van der Waals surface area (Å²) in [5.74, 6) is 1.49. The van der Waals surface area contributed by atoms with Crippen LogP contribution >= 0.6 is 0 Å². The van der Waals surface area contributed by atoms with Crippen LogP contribution in [0.15, 0.2) is 206 Å². The van der Waals surface area contributed by atoms with Gasteiger partial charge in [-0.2, -0.15) is 0 Å². The van der Waals surface area contributed by atoms with Gasteiger partial charge in [-0.15, -0.1) is 0 Å². The molecule has 66 heavy (non-hydrogen) atoms. The maximum Gasteiger partial charge on any atom is 1.00 e. The van der Waals surface area contributed by atoms with Crippen LogP contribution in [0.4, 0.5) is 0 Å². The summed E-state index contributed by atoms with van der Waals surface area (Å²) in [4.78, 5) is 24.0. The molecule has 1 N–H and O–H groups in total. The van der Waals surface area contributed by atoms with Crippen molar-refractivity contribution in [2.24, 2.45) is 0 Å². The Labute approximate surface area is 390 Å². The quantitative estimate of drug-likeness (QED) is 0.123. The van der Waals surface area contributed by atoms with Gasteiger partial charge in [0.1, 0.15) is 11.2 Å². The minimum Gasteiger partial charge on any atom is -0.872 e. The van der Waals surface area contributed by atoms with E-state index in [1.807, 2.05) is 66.7 Å². The number of aromatic nitrogens is 7. The molecule has 0 bridgehead atoms. The molecule has 0 aliphatic heterocycles. The molecule has 304 valence electrons. The molecule has 0 aliphatic rings. The second-order valence-corrected chi connectivity index (χ2v) is 16.3. The predicted molar refractivity (Wildman–Crippen MR) is 259 cm³/mol. The largest absolute Gasteiger partial charge is 1.00 e. The predicted octanol–water partition coefficient (Wildman–Crippen LogP) is 9.33. The first-order chi connectivity index (χ1) is 32.1. The van der Waals surface area contributed by atoms with Gasteiger partial charge in [0, 0.05) is 66.4 Å². The molecule has 9 heteroatoms. The molecule has 0 fully saturated rings. The van der Waals surface area contributed by atoms with E-state index < -0.39 is 0 Å². The van der Waals surface area contributed by atoms with Gasteiger partial charge in [-0.25, -0.2) is 24.9 Å². The number of hydrogen-bond acceptors (Lipinski definition) is 5. The van der Waals surface area contributed by atoms with Crippen molar-refractivity contribution in [1.29, 1.82) is 0 Å². The van der Waals surface area contributed by atoms with Crippen LogP contribution in [-0.4, -0.2) is 29.1 Å². The minimum atomic E-state index is -0.0463. The van der Waals surface area contributed by atoms with Gasteiger partial charge in [0.05, 0.1) is 22.1 Å². The van der Waals surface area contributed by atoms with Gasteiger partial charge in [-0.1, -0.05) is 133 Å². The summed E-state index contributed by atoms with van der Waals surface area (Å²) in [7, 11) is 0. The Hall–Kier alpha value is -8.41. The summed E-state index contributed by atoms with van der Waals surface area (Å²) in [5.41, 5.74) is 11.9. The Balaban J connectivity index is 0.00000456. The summed E-state index contributed by atoms with van der Waals surface area (Å²) in [5, 5.41) is 19.5. The second-order valence-electron chi connectivity index (χ2n) is 16.3. The first kappa shape index (κ1) is 39.2. The molecule has 0 saturated carbocycles. The first-order valence-corrected chi connectivity index (χ1v) is 21.6. The molecule has 8 aromatic carbocycles. The molecule has 13 rings (SSSR count). The fraction of sp³-hybridized carbons (Fsp3) is 0. The van der Waals surface area contributed by atoms with Crippen LogP contribution in [0, 0.1) is 0 Å². The zero-order valence-electron chi connectivity index (χ0n) is 35.7. The summed E-state index contributed by atoms with van der Waals surface area (Å²) >= 11 is 0. The van der Waals surface area contributed by atoms with E-state index in [4.69, 9.17) is 19.9 Å². The molecule has 5 aromatic heterocycles. The Morgan fingerprint density at radius 2 is 0.939 bits per heavy atom. The monoisotopic (exact) mass is 840 g/mol. The zero-order valence-corrected chi connectivity index (χ0v) is 35.7. The number of hydrogen-bond donors (Lipinski definition) is 0. The van der Waals surface area contributed by atoms with Gasteiger partial charge in [0.25, 0.3) is 0 Å². The van der Waals surface area contributed by atoms with Crippen molar-refractivity contribution in [2.75, 3.05) is 0 Å². The van der Waals surface area contributed by atoms with Gasteiger partial charge >= 0.3 is 18.9 Å². The maximum atomic E-state index is 12.8. The Morgan fingerprint density at radius 3 is 1.67 bits per heavy atom. The van der Waals surface area contributed by atoms with Crippen LogP contribution in [0.5, 0.6) is 5.75 Å². The number of aromatic amines is 1. The van der Waals surface area contributed by atoms with Crippen molar-refractivity contribution >= 4 is 65.4 Å². The topological polar surface area (TPSA) is 98.6 Å². The van der Waals surface area contributed by atoms with Crippen molar-refractivity contribution in [3.05, 3.63) is 206 Å². The van der Waals surface area contributed by atoms with E-state index in [-0.39, 0.29) is 24.6 Å². The number of nitrogens with one attached hydrogen (secondary N) is 1. The number of rotatable bonds is 6. The van der Waals surface area contributed by atoms with E-state index in [0.29, 0.717) is 28.7 Å². The summed E-state index contributed by atoms with van der Waals surface area (Å²) < 4.78 is 4.70. The number of pyridine rings is 2. The molecule has 0 atom stereocenters. The third-order valence-electron chi connectivity index (χ3n) is 12.5. The molecule has 0 radical (unpaired) electrons. The van der Waals surface area contributed by atoms with Crippen LogP contribution in [-0.2, 0) is 0 Å². The van der Waals surface area contributed by atoms with Gasteiger partial charge in [-0.3, -0.25) is 0 Å².